The Labute approximate surface area is 188 Å². The SMILES string of the molecule is CCCCCCCCc1ccc(CCc2ccc(-c3ccc(OCC)cn3)cc2)cc1. The number of pyridine rings is 1. The molecule has 2 nitrogen and oxygen atoms in total. The first-order valence-electron chi connectivity index (χ1n) is 12.0. The number of aromatic nitrogens is 1. The first-order chi connectivity index (χ1) is 15.3. The topological polar surface area (TPSA) is 22.1 Å². The van der Waals surface area contributed by atoms with Gasteiger partial charge < -0.3 is 4.74 Å². The van der Waals surface area contributed by atoms with Crippen LogP contribution in [-0.4, -0.2) is 11.6 Å². The number of unbranched alkanes of at least 4 members (excludes halogenated alkanes) is 5. The van der Waals surface area contributed by atoms with Crippen LogP contribution in [0.25, 0.3) is 11.3 Å². The molecule has 3 rings (SSSR count). The third-order valence-electron chi connectivity index (χ3n) is 5.84. The maximum Gasteiger partial charge on any atom is 0.137 e. The molecule has 0 radical (unpaired) electrons. The second-order valence-electron chi connectivity index (χ2n) is 8.34. The van der Waals surface area contributed by atoms with Crippen LogP contribution < -0.4 is 4.74 Å². The minimum Gasteiger partial charge on any atom is -0.492 e. The fraction of sp³-hybridized carbons (Fsp3) is 0.414. The normalized spacial score (nSPS) is 10.9. The molecular weight excluding hydrogens is 378 g/mol. The van der Waals surface area contributed by atoms with E-state index in [0.717, 1.165) is 29.8 Å². The van der Waals surface area contributed by atoms with Gasteiger partial charge in [0.1, 0.15) is 5.75 Å². The highest BCUT2D eigenvalue weighted by atomic mass is 16.5. The van der Waals surface area contributed by atoms with Gasteiger partial charge in [-0.05, 0) is 61.4 Å². The minimum atomic E-state index is 0.664. The summed E-state index contributed by atoms with van der Waals surface area (Å²) in [5.74, 6) is 0.820. The van der Waals surface area contributed by atoms with Crippen LogP contribution in [0.2, 0.25) is 0 Å². The lowest BCUT2D eigenvalue weighted by molar-refractivity contribution is 0.339. The molecule has 1 aromatic heterocycles. The zero-order chi connectivity index (χ0) is 21.7. The fourth-order valence-electron chi connectivity index (χ4n) is 3.92. The van der Waals surface area contributed by atoms with E-state index >= 15 is 0 Å². The van der Waals surface area contributed by atoms with E-state index in [1.165, 1.54) is 61.6 Å². The molecule has 0 saturated heterocycles. The van der Waals surface area contributed by atoms with E-state index in [0.29, 0.717) is 6.61 Å². The quantitative estimate of drug-likeness (QED) is 0.265. The number of benzene rings is 2. The Morgan fingerprint density at radius 3 is 1.77 bits per heavy atom. The van der Waals surface area contributed by atoms with E-state index in [1.807, 2.05) is 19.1 Å². The van der Waals surface area contributed by atoms with Gasteiger partial charge in [0.2, 0.25) is 0 Å². The van der Waals surface area contributed by atoms with Gasteiger partial charge in [-0.3, -0.25) is 4.98 Å². The molecule has 2 aromatic carbocycles. The Hall–Kier alpha value is -2.61. The van der Waals surface area contributed by atoms with Gasteiger partial charge in [-0.1, -0.05) is 87.6 Å². The van der Waals surface area contributed by atoms with E-state index in [1.54, 1.807) is 6.20 Å². The summed E-state index contributed by atoms with van der Waals surface area (Å²) in [7, 11) is 0. The molecule has 0 atom stereocenters. The zero-order valence-electron chi connectivity index (χ0n) is 19.3. The van der Waals surface area contributed by atoms with Gasteiger partial charge in [0.05, 0.1) is 18.5 Å². The van der Waals surface area contributed by atoms with Gasteiger partial charge in [-0.2, -0.15) is 0 Å². The maximum absolute atomic E-state index is 5.47. The van der Waals surface area contributed by atoms with Gasteiger partial charge >= 0.3 is 0 Å². The van der Waals surface area contributed by atoms with Crippen molar-refractivity contribution in [1.82, 2.24) is 4.98 Å². The van der Waals surface area contributed by atoms with Gasteiger partial charge in [0.25, 0.3) is 0 Å². The van der Waals surface area contributed by atoms with Crippen molar-refractivity contribution in [2.45, 2.75) is 71.6 Å². The van der Waals surface area contributed by atoms with Crippen LogP contribution in [-0.2, 0) is 19.3 Å². The van der Waals surface area contributed by atoms with Crippen LogP contribution in [0, 0.1) is 0 Å². The third kappa shape index (κ3) is 7.86. The molecule has 0 aliphatic heterocycles. The lowest BCUT2D eigenvalue weighted by Crippen LogP contribution is -1.94. The number of hydrogen-bond donors (Lipinski definition) is 0. The lowest BCUT2D eigenvalue weighted by Gasteiger charge is -2.07. The molecule has 0 spiro atoms. The fourth-order valence-corrected chi connectivity index (χ4v) is 3.92. The van der Waals surface area contributed by atoms with Crippen LogP contribution in [0.4, 0.5) is 0 Å². The predicted octanol–water partition coefficient (Wildman–Crippen LogP) is 7.84. The first-order valence-corrected chi connectivity index (χ1v) is 12.0. The van der Waals surface area contributed by atoms with Crippen molar-refractivity contribution in [3.8, 4) is 17.0 Å². The highest BCUT2D eigenvalue weighted by Crippen LogP contribution is 2.21. The minimum absolute atomic E-state index is 0.664. The van der Waals surface area contributed by atoms with Crippen LogP contribution >= 0.6 is 0 Å². The summed E-state index contributed by atoms with van der Waals surface area (Å²) in [6.45, 7) is 4.92. The largest absolute Gasteiger partial charge is 0.492 e. The molecule has 0 aliphatic rings. The van der Waals surface area contributed by atoms with Crippen molar-refractivity contribution in [2.24, 2.45) is 0 Å². The van der Waals surface area contributed by atoms with Crippen molar-refractivity contribution in [2.75, 3.05) is 6.61 Å². The van der Waals surface area contributed by atoms with Crippen molar-refractivity contribution >= 4 is 0 Å². The average molecular weight is 416 g/mol. The van der Waals surface area contributed by atoms with E-state index in [-0.39, 0.29) is 0 Å². The summed E-state index contributed by atoms with van der Waals surface area (Å²) >= 11 is 0. The van der Waals surface area contributed by atoms with Crippen LogP contribution in [0.1, 0.15) is 69.1 Å². The van der Waals surface area contributed by atoms with E-state index in [2.05, 4.69) is 60.4 Å². The first kappa shape index (κ1) is 23.1. The molecule has 0 aliphatic carbocycles. The van der Waals surface area contributed by atoms with Gasteiger partial charge in [-0.25, -0.2) is 0 Å². The number of aryl methyl sites for hydroxylation is 3. The van der Waals surface area contributed by atoms with Crippen molar-refractivity contribution < 1.29 is 4.74 Å². The predicted molar refractivity (Wildman–Crippen MR) is 132 cm³/mol. The standard InChI is InChI=1S/C29H37NO/c1-3-5-6-7-8-9-10-24-11-13-25(14-12-24)15-16-26-17-19-27(20-18-26)29-22-21-28(23-30-29)31-4-2/h11-14,17-23H,3-10,15-16H2,1-2H3. The van der Waals surface area contributed by atoms with E-state index < -0.39 is 0 Å². The molecule has 0 unspecified atom stereocenters. The lowest BCUT2D eigenvalue weighted by atomic mass is 10.00. The highest BCUT2D eigenvalue weighted by molar-refractivity contribution is 5.59. The summed E-state index contributed by atoms with van der Waals surface area (Å²) < 4.78 is 5.47. The summed E-state index contributed by atoms with van der Waals surface area (Å²) in [6.07, 6.45) is 13.3. The summed E-state index contributed by atoms with van der Waals surface area (Å²) in [4.78, 5) is 4.51. The average Bonchev–Trinajstić information content (AvgIpc) is 2.82. The van der Waals surface area contributed by atoms with E-state index in [9.17, 15) is 0 Å². The van der Waals surface area contributed by atoms with E-state index in [4.69, 9.17) is 4.74 Å². The molecule has 0 fully saturated rings. The Bertz CT molecular complexity index is 866. The zero-order valence-corrected chi connectivity index (χ0v) is 19.3. The van der Waals surface area contributed by atoms with Crippen LogP contribution in [0.15, 0.2) is 66.9 Å². The molecule has 31 heavy (non-hydrogen) atoms. The molecular formula is C29H37NO. The maximum atomic E-state index is 5.47. The molecule has 0 amide bonds. The molecule has 3 aromatic rings. The number of ether oxygens (including phenoxy) is 1. The Balaban J connectivity index is 1.43. The second-order valence-corrected chi connectivity index (χ2v) is 8.34. The van der Waals surface area contributed by atoms with Gasteiger partial charge in [0.15, 0.2) is 0 Å². The summed E-state index contributed by atoms with van der Waals surface area (Å²) in [5.41, 5.74) is 6.39. The van der Waals surface area contributed by atoms with Crippen LogP contribution in [0.5, 0.6) is 5.75 Å². The molecule has 2 heteroatoms. The number of hydrogen-bond acceptors (Lipinski definition) is 2. The monoisotopic (exact) mass is 415 g/mol. The molecule has 164 valence electrons. The number of rotatable bonds is 13. The van der Waals surface area contributed by atoms with Crippen molar-refractivity contribution in [1.29, 1.82) is 0 Å². The molecule has 0 saturated carbocycles. The summed E-state index contributed by atoms with van der Waals surface area (Å²) in [6, 6.07) is 22.0. The Morgan fingerprint density at radius 1 is 0.613 bits per heavy atom. The van der Waals surface area contributed by atoms with Crippen molar-refractivity contribution in [3.05, 3.63) is 83.6 Å². The third-order valence-corrected chi connectivity index (χ3v) is 5.84. The van der Waals surface area contributed by atoms with Crippen LogP contribution in [0.3, 0.4) is 0 Å². The van der Waals surface area contributed by atoms with Crippen molar-refractivity contribution in [3.63, 3.8) is 0 Å². The molecule has 0 bridgehead atoms. The Kier molecular flexibility index (Phi) is 9.63. The number of nitrogens with zero attached hydrogens (tertiary/aromatic N) is 1. The Morgan fingerprint density at radius 2 is 1.19 bits per heavy atom. The smallest absolute Gasteiger partial charge is 0.137 e. The van der Waals surface area contributed by atoms with Gasteiger partial charge in [0, 0.05) is 5.56 Å². The molecule has 0 N–H and O–H groups in total. The highest BCUT2D eigenvalue weighted by Gasteiger charge is 2.02. The summed E-state index contributed by atoms with van der Waals surface area (Å²) in [5, 5.41) is 0. The second kappa shape index (κ2) is 12.9. The van der Waals surface area contributed by atoms with Gasteiger partial charge in [-0.15, -0.1) is 0 Å². The molecule has 1 heterocycles.